The molecule has 0 spiro atoms. The highest BCUT2D eigenvalue weighted by molar-refractivity contribution is 6.30. The summed E-state index contributed by atoms with van der Waals surface area (Å²) < 4.78 is 41.1. The second kappa shape index (κ2) is 8.70. The second-order valence-corrected chi connectivity index (χ2v) is 8.47. The van der Waals surface area contributed by atoms with Gasteiger partial charge in [0, 0.05) is 29.2 Å². The first-order valence-corrected chi connectivity index (χ1v) is 11.0. The van der Waals surface area contributed by atoms with Crippen molar-refractivity contribution in [2.75, 3.05) is 5.43 Å². The van der Waals surface area contributed by atoms with Crippen molar-refractivity contribution in [2.45, 2.75) is 25.7 Å². The third kappa shape index (κ3) is 4.32. The molecule has 1 aromatic carbocycles. The van der Waals surface area contributed by atoms with Crippen LogP contribution in [0.4, 0.5) is 13.2 Å². The van der Waals surface area contributed by atoms with Gasteiger partial charge < -0.3 is 5.43 Å². The Labute approximate surface area is 202 Å². The number of hydrogen-bond acceptors (Lipinski definition) is 5. The van der Waals surface area contributed by atoms with Crippen LogP contribution in [0.5, 0.6) is 0 Å². The van der Waals surface area contributed by atoms with Crippen LogP contribution >= 0.6 is 11.6 Å². The van der Waals surface area contributed by atoms with E-state index in [-0.39, 0.29) is 12.6 Å². The standard InChI is InChI=1S/C24H18ClF3N6O/c1-14-20(16-3-5-18(25)6-4-16)21(17-8-10-29-11-9-17)22-32-33(23(35)34(22)31-14)13-15-2-7-19(30-12-15)24(26,27)28/h2-12,14,31H,13H2,1H3. The van der Waals surface area contributed by atoms with Crippen LogP contribution in [0.15, 0.2) is 71.9 Å². The van der Waals surface area contributed by atoms with Crippen molar-refractivity contribution in [1.82, 2.24) is 24.4 Å². The molecule has 3 aromatic heterocycles. The van der Waals surface area contributed by atoms with E-state index in [1.807, 2.05) is 31.2 Å². The summed E-state index contributed by atoms with van der Waals surface area (Å²) in [7, 11) is 0. The number of aromatic nitrogens is 5. The van der Waals surface area contributed by atoms with Crippen LogP contribution in [0.2, 0.25) is 5.02 Å². The lowest BCUT2D eigenvalue weighted by Gasteiger charge is -2.28. The Morgan fingerprint density at radius 1 is 1.03 bits per heavy atom. The topological polar surface area (TPSA) is 77.6 Å². The summed E-state index contributed by atoms with van der Waals surface area (Å²) in [6.45, 7) is 1.89. The Kier molecular flexibility index (Phi) is 5.68. The zero-order valence-corrected chi connectivity index (χ0v) is 19.0. The van der Waals surface area contributed by atoms with Gasteiger partial charge in [-0.1, -0.05) is 29.8 Å². The molecule has 0 saturated heterocycles. The fourth-order valence-corrected chi connectivity index (χ4v) is 4.20. The maximum Gasteiger partial charge on any atom is 0.433 e. The lowest BCUT2D eigenvalue weighted by atomic mass is 9.89. The lowest BCUT2D eigenvalue weighted by molar-refractivity contribution is -0.141. The van der Waals surface area contributed by atoms with Crippen molar-refractivity contribution in [1.29, 1.82) is 0 Å². The molecule has 0 radical (unpaired) electrons. The molecule has 0 saturated carbocycles. The van der Waals surface area contributed by atoms with Crippen LogP contribution in [0, 0.1) is 0 Å². The number of rotatable bonds is 4. The van der Waals surface area contributed by atoms with E-state index in [9.17, 15) is 18.0 Å². The number of nitrogens with one attached hydrogen (secondary N) is 1. The van der Waals surface area contributed by atoms with Gasteiger partial charge in [0.15, 0.2) is 5.82 Å². The van der Waals surface area contributed by atoms with Crippen LogP contribution in [-0.2, 0) is 12.7 Å². The van der Waals surface area contributed by atoms with Crippen molar-refractivity contribution in [3.63, 3.8) is 0 Å². The summed E-state index contributed by atoms with van der Waals surface area (Å²) in [5.41, 5.74) is 5.51. The number of hydrogen-bond donors (Lipinski definition) is 1. The molecule has 4 aromatic rings. The van der Waals surface area contributed by atoms with Gasteiger partial charge in [-0.25, -0.2) is 9.48 Å². The average molecular weight is 499 g/mol. The molecule has 0 aliphatic carbocycles. The van der Waals surface area contributed by atoms with Crippen LogP contribution in [0.1, 0.15) is 35.1 Å². The largest absolute Gasteiger partial charge is 0.433 e. The van der Waals surface area contributed by atoms with Gasteiger partial charge >= 0.3 is 11.9 Å². The third-order valence-electron chi connectivity index (χ3n) is 5.66. The predicted molar refractivity (Wildman–Crippen MR) is 125 cm³/mol. The summed E-state index contributed by atoms with van der Waals surface area (Å²) in [4.78, 5) is 20.8. The monoisotopic (exact) mass is 498 g/mol. The van der Waals surface area contributed by atoms with Crippen LogP contribution in [-0.4, -0.2) is 30.5 Å². The minimum absolute atomic E-state index is 0.0417. The maximum atomic E-state index is 13.2. The van der Waals surface area contributed by atoms with Gasteiger partial charge in [0.1, 0.15) is 5.69 Å². The Morgan fingerprint density at radius 2 is 1.74 bits per heavy atom. The molecule has 178 valence electrons. The van der Waals surface area contributed by atoms with E-state index in [2.05, 4.69) is 20.5 Å². The molecule has 5 rings (SSSR count). The summed E-state index contributed by atoms with van der Waals surface area (Å²) >= 11 is 6.09. The molecule has 11 heteroatoms. The van der Waals surface area contributed by atoms with Crippen molar-refractivity contribution < 1.29 is 13.2 Å². The SMILES string of the molecule is CC1Nn2c(nn(Cc3ccc(C(F)(F)F)nc3)c2=O)C(c2ccncc2)=C1c1ccc(Cl)cc1. The highest BCUT2D eigenvalue weighted by Gasteiger charge is 2.33. The van der Waals surface area contributed by atoms with Gasteiger partial charge in [0.2, 0.25) is 0 Å². The first kappa shape index (κ1) is 22.9. The normalized spacial score (nSPS) is 15.6. The first-order valence-electron chi connectivity index (χ1n) is 10.6. The first-order chi connectivity index (χ1) is 16.7. The lowest BCUT2D eigenvalue weighted by Crippen LogP contribution is -2.39. The molecule has 1 unspecified atom stereocenters. The minimum atomic E-state index is -4.54. The molecule has 7 nitrogen and oxygen atoms in total. The van der Waals surface area contributed by atoms with Crippen molar-refractivity contribution >= 4 is 22.7 Å². The highest BCUT2D eigenvalue weighted by Crippen LogP contribution is 2.36. The van der Waals surface area contributed by atoms with E-state index in [1.165, 1.54) is 15.4 Å². The molecule has 4 heterocycles. The summed E-state index contributed by atoms with van der Waals surface area (Å²) in [5, 5.41) is 5.15. The molecular weight excluding hydrogens is 481 g/mol. The highest BCUT2D eigenvalue weighted by atomic mass is 35.5. The van der Waals surface area contributed by atoms with Crippen LogP contribution in [0.25, 0.3) is 11.1 Å². The molecule has 35 heavy (non-hydrogen) atoms. The van der Waals surface area contributed by atoms with Gasteiger partial charge in [-0.05, 0) is 59.5 Å². The number of pyridine rings is 2. The van der Waals surface area contributed by atoms with Crippen LogP contribution < -0.4 is 11.1 Å². The average Bonchev–Trinajstić information content (AvgIpc) is 3.14. The molecular formula is C24H18ClF3N6O. The zero-order valence-electron chi connectivity index (χ0n) is 18.3. The van der Waals surface area contributed by atoms with E-state index in [1.54, 1.807) is 24.5 Å². The Hall–Kier alpha value is -3.92. The molecule has 0 fully saturated rings. The predicted octanol–water partition coefficient (Wildman–Crippen LogP) is 4.46. The second-order valence-electron chi connectivity index (χ2n) is 8.03. The number of benzene rings is 1. The number of alkyl halides is 3. The molecule has 0 amide bonds. The molecule has 1 atom stereocenters. The van der Waals surface area contributed by atoms with Gasteiger partial charge in [-0.15, -0.1) is 5.10 Å². The Bertz CT molecular complexity index is 1460. The Balaban J connectivity index is 1.63. The zero-order chi connectivity index (χ0) is 24.7. The number of fused-ring (bicyclic) bond motifs is 1. The quantitative estimate of drug-likeness (QED) is 0.449. The summed E-state index contributed by atoms with van der Waals surface area (Å²) in [5.74, 6) is 0.379. The van der Waals surface area contributed by atoms with Crippen molar-refractivity contribution in [3.8, 4) is 0 Å². The minimum Gasteiger partial charge on any atom is -0.313 e. The van der Waals surface area contributed by atoms with Gasteiger partial charge in [0.05, 0.1) is 12.6 Å². The van der Waals surface area contributed by atoms with E-state index in [4.69, 9.17) is 11.6 Å². The summed E-state index contributed by atoms with van der Waals surface area (Å²) in [6.07, 6.45) is -0.128. The molecule has 0 bridgehead atoms. The fraction of sp³-hybridized carbons (Fsp3) is 0.167. The van der Waals surface area contributed by atoms with E-state index in [0.717, 1.165) is 34.5 Å². The van der Waals surface area contributed by atoms with Gasteiger partial charge in [0.25, 0.3) is 0 Å². The number of halogens is 4. The number of nitrogens with zero attached hydrogens (tertiary/aromatic N) is 5. The molecule has 1 aliphatic heterocycles. The smallest absolute Gasteiger partial charge is 0.313 e. The van der Waals surface area contributed by atoms with E-state index in [0.29, 0.717) is 16.4 Å². The van der Waals surface area contributed by atoms with Crippen molar-refractivity contribution in [2.24, 2.45) is 0 Å². The molecule has 1 aliphatic rings. The van der Waals surface area contributed by atoms with Gasteiger partial charge in [-0.2, -0.15) is 17.8 Å². The van der Waals surface area contributed by atoms with E-state index >= 15 is 0 Å². The fourth-order valence-electron chi connectivity index (χ4n) is 4.07. The Morgan fingerprint density at radius 3 is 2.37 bits per heavy atom. The van der Waals surface area contributed by atoms with Crippen molar-refractivity contribution in [3.05, 3.63) is 111 Å². The van der Waals surface area contributed by atoms with E-state index < -0.39 is 17.6 Å². The maximum absolute atomic E-state index is 13.2. The summed E-state index contributed by atoms with van der Waals surface area (Å²) in [6, 6.07) is 12.9. The molecule has 1 N–H and O–H groups in total. The third-order valence-corrected chi connectivity index (χ3v) is 5.91. The van der Waals surface area contributed by atoms with Crippen LogP contribution in [0.3, 0.4) is 0 Å². The van der Waals surface area contributed by atoms with Gasteiger partial charge in [-0.3, -0.25) is 9.97 Å².